The van der Waals surface area contributed by atoms with Gasteiger partial charge in [0.1, 0.15) is 11.6 Å². The lowest BCUT2D eigenvalue weighted by molar-refractivity contribution is -0.119. The van der Waals surface area contributed by atoms with Crippen LogP contribution in [0.3, 0.4) is 0 Å². The highest BCUT2D eigenvalue weighted by atomic mass is 16.1. The number of nitrogens with zero attached hydrogens (tertiary/aromatic N) is 3. The number of pyridine rings is 1. The van der Waals surface area contributed by atoms with E-state index in [1.54, 1.807) is 24.3 Å². The quantitative estimate of drug-likeness (QED) is 0.490. The van der Waals surface area contributed by atoms with Crippen molar-refractivity contribution >= 4 is 22.5 Å². The van der Waals surface area contributed by atoms with E-state index in [1.165, 1.54) is 11.5 Å². The molecule has 1 aromatic heterocycles. The van der Waals surface area contributed by atoms with E-state index in [1.807, 2.05) is 49.4 Å². The van der Waals surface area contributed by atoms with Gasteiger partial charge in [-0.2, -0.15) is 10.5 Å². The van der Waals surface area contributed by atoms with Crippen molar-refractivity contribution in [3.8, 4) is 29.0 Å². The molecule has 3 aromatic carbocycles. The van der Waals surface area contributed by atoms with Crippen LogP contribution in [0.15, 0.2) is 65.5 Å². The van der Waals surface area contributed by atoms with Crippen LogP contribution in [0, 0.1) is 29.6 Å². The third-order valence-electron chi connectivity index (χ3n) is 5.73. The molecular formula is C27H21N5O2. The molecule has 0 aliphatic carbocycles. The number of benzene rings is 3. The monoisotopic (exact) mass is 447 g/mol. The first-order valence-electron chi connectivity index (χ1n) is 10.6. The van der Waals surface area contributed by atoms with Gasteiger partial charge in [-0.1, -0.05) is 36.4 Å². The van der Waals surface area contributed by atoms with Gasteiger partial charge in [0.05, 0.1) is 28.5 Å². The molecule has 0 bridgehead atoms. The Balaban J connectivity index is 1.98. The van der Waals surface area contributed by atoms with Gasteiger partial charge in [0.25, 0.3) is 5.56 Å². The van der Waals surface area contributed by atoms with Crippen LogP contribution in [0.2, 0.25) is 0 Å². The molecule has 7 heteroatoms. The van der Waals surface area contributed by atoms with Gasteiger partial charge in [-0.05, 0) is 53.4 Å². The summed E-state index contributed by atoms with van der Waals surface area (Å²) in [7, 11) is 0. The first kappa shape index (κ1) is 22.3. The van der Waals surface area contributed by atoms with Gasteiger partial charge in [0.2, 0.25) is 5.91 Å². The lowest BCUT2D eigenvalue weighted by atomic mass is 9.99. The summed E-state index contributed by atoms with van der Waals surface area (Å²) in [5.74, 6) is -0.112. The van der Waals surface area contributed by atoms with Crippen LogP contribution in [0.5, 0.6) is 0 Å². The highest BCUT2D eigenvalue weighted by Crippen LogP contribution is 2.30. The molecule has 0 unspecified atom stereocenters. The number of hydrogen-bond acceptors (Lipinski definition) is 5. The van der Waals surface area contributed by atoms with Crippen LogP contribution >= 0.6 is 0 Å². The number of aryl methyl sites for hydroxylation is 1. The Labute approximate surface area is 196 Å². The molecule has 0 aliphatic rings. The summed E-state index contributed by atoms with van der Waals surface area (Å²) in [5, 5.41) is 22.4. The minimum absolute atomic E-state index is 0.112. The predicted molar refractivity (Wildman–Crippen MR) is 131 cm³/mol. The molecule has 0 radical (unpaired) electrons. The van der Waals surface area contributed by atoms with E-state index in [2.05, 4.69) is 11.4 Å². The van der Waals surface area contributed by atoms with Crippen LogP contribution in [-0.4, -0.2) is 10.5 Å². The zero-order chi connectivity index (χ0) is 24.4. The summed E-state index contributed by atoms with van der Waals surface area (Å²) in [4.78, 5) is 24.6. The molecule has 166 valence electrons. The summed E-state index contributed by atoms with van der Waals surface area (Å²) < 4.78 is 1.43. The van der Waals surface area contributed by atoms with E-state index in [-0.39, 0.29) is 17.2 Å². The molecule has 0 aliphatic heterocycles. The Bertz CT molecular complexity index is 1600. The molecule has 0 fully saturated rings. The normalized spacial score (nSPS) is 10.5. The molecule has 3 N–H and O–H groups in total. The minimum Gasteiger partial charge on any atom is -0.397 e. The number of nitrogens with one attached hydrogen (secondary N) is 1. The average molecular weight is 447 g/mol. The Morgan fingerprint density at radius 2 is 1.79 bits per heavy atom. The zero-order valence-electron chi connectivity index (χ0n) is 18.7. The van der Waals surface area contributed by atoms with E-state index < -0.39 is 5.56 Å². The number of fused-ring (bicyclic) bond motifs is 1. The highest BCUT2D eigenvalue weighted by molar-refractivity contribution is 5.96. The molecule has 4 aromatic rings. The molecule has 0 saturated heterocycles. The van der Waals surface area contributed by atoms with Crippen molar-refractivity contribution in [1.82, 2.24) is 9.88 Å². The fraction of sp³-hybridized carbons (Fsp3) is 0.111. The van der Waals surface area contributed by atoms with Gasteiger partial charge in [-0.3, -0.25) is 14.2 Å². The smallest absolute Gasteiger partial charge is 0.275 e. The van der Waals surface area contributed by atoms with Crippen molar-refractivity contribution in [3.63, 3.8) is 0 Å². The molecule has 0 saturated carbocycles. The first-order valence-corrected chi connectivity index (χ1v) is 10.6. The Morgan fingerprint density at radius 3 is 2.50 bits per heavy atom. The van der Waals surface area contributed by atoms with Gasteiger partial charge in [0.15, 0.2) is 0 Å². The summed E-state index contributed by atoms with van der Waals surface area (Å²) in [6.45, 7) is 3.69. The Morgan fingerprint density at radius 1 is 1.03 bits per heavy atom. The topological polar surface area (TPSA) is 125 Å². The lowest BCUT2D eigenvalue weighted by Crippen LogP contribution is -2.23. The number of nitriles is 2. The van der Waals surface area contributed by atoms with Crippen LogP contribution in [0.1, 0.15) is 29.2 Å². The maximum absolute atomic E-state index is 13.3. The second-order valence-electron chi connectivity index (χ2n) is 7.99. The summed E-state index contributed by atoms with van der Waals surface area (Å²) in [5.41, 5.74) is 10.5. The van der Waals surface area contributed by atoms with Crippen molar-refractivity contribution < 1.29 is 4.79 Å². The van der Waals surface area contributed by atoms with Crippen molar-refractivity contribution in [2.75, 3.05) is 5.73 Å². The van der Waals surface area contributed by atoms with Crippen molar-refractivity contribution in [3.05, 3.63) is 93.3 Å². The fourth-order valence-corrected chi connectivity index (χ4v) is 3.92. The SMILES string of the molecule is CC(=O)NCc1cccc(-c2ccc3c(N)c(C#N)c(=O)n(-c4ccc(C)c(C#N)c4)c3c2)c1. The highest BCUT2D eigenvalue weighted by Gasteiger charge is 2.17. The molecule has 1 amide bonds. The van der Waals surface area contributed by atoms with Gasteiger partial charge >= 0.3 is 0 Å². The van der Waals surface area contributed by atoms with Crippen molar-refractivity contribution in [1.29, 1.82) is 10.5 Å². The van der Waals surface area contributed by atoms with Gasteiger partial charge in [0, 0.05) is 18.9 Å². The molecule has 7 nitrogen and oxygen atoms in total. The first-order chi connectivity index (χ1) is 16.3. The molecule has 34 heavy (non-hydrogen) atoms. The van der Waals surface area contributed by atoms with Crippen molar-refractivity contribution in [2.24, 2.45) is 0 Å². The third kappa shape index (κ3) is 3.99. The number of amides is 1. The minimum atomic E-state index is -0.545. The summed E-state index contributed by atoms with van der Waals surface area (Å²) in [6, 6.07) is 22.4. The maximum atomic E-state index is 13.3. The van der Waals surface area contributed by atoms with Crippen LogP contribution in [0.25, 0.3) is 27.7 Å². The second-order valence-corrected chi connectivity index (χ2v) is 7.99. The Kier molecular flexibility index (Phi) is 5.86. The number of carbonyl (C=O) groups is 1. The molecule has 1 heterocycles. The van der Waals surface area contributed by atoms with E-state index in [9.17, 15) is 20.1 Å². The molecule has 0 spiro atoms. The van der Waals surface area contributed by atoms with Gasteiger partial charge in [-0.15, -0.1) is 0 Å². The number of nitrogens with two attached hydrogens (primary N) is 1. The zero-order valence-corrected chi connectivity index (χ0v) is 18.7. The number of aromatic nitrogens is 1. The lowest BCUT2D eigenvalue weighted by Gasteiger charge is -2.16. The number of carbonyl (C=O) groups excluding carboxylic acids is 1. The third-order valence-corrected chi connectivity index (χ3v) is 5.73. The standard InChI is InChI=1S/C27H21N5O2/c1-16-6-8-22(11-21(16)13-28)32-25-12-20(7-9-23(25)26(30)24(14-29)27(32)34)19-5-3-4-18(10-19)15-31-17(2)33/h3-12H,15,30H2,1-2H3,(H,31,33). The summed E-state index contributed by atoms with van der Waals surface area (Å²) >= 11 is 0. The molecule has 0 atom stereocenters. The maximum Gasteiger partial charge on any atom is 0.275 e. The van der Waals surface area contributed by atoms with E-state index in [4.69, 9.17) is 5.73 Å². The number of anilines is 1. The van der Waals surface area contributed by atoms with E-state index >= 15 is 0 Å². The van der Waals surface area contributed by atoms with Crippen LogP contribution < -0.4 is 16.6 Å². The average Bonchev–Trinajstić information content (AvgIpc) is 2.84. The Hall–Kier alpha value is -4.88. The van der Waals surface area contributed by atoms with Gasteiger partial charge < -0.3 is 11.1 Å². The second kappa shape index (κ2) is 8.93. The molecule has 4 rings (SSSR count). The number of rotatable bonds is 4. The fourth-order valence-electron chi connectivity index (χ4n) is 3.92. The van der Waals surface area contributed by atoms with Crippen molar-refractivity contribution in [2.45, 2.75) is 20.4 Å². The number of hydrogen-bond donors (Lipinski definition) is 2. The molecular weight excluding hydrogens is 426 g/mol. The van der Waals surface area contributed by atoms with E-state index in [0.29, 0.717) is 28.7 Å². The van der Waals surface area contributed by atoms with Crippen LogP contribution in [0.4, 0.5) is 5.69 Å². The van der Waals surface area contributed by atoms with E-state index in [0.717, 1.165) is 22.3 Å². The largest absolute Gasteiger partial charge is 0.397 e. The van der Waals surface area contributed by atoms with Gasteiger partial charge in [-0.25, -0.2) is 0 Å². The van der Waals surface area contributed by atoms with Crippen LogP contribution in [-0.2, 0) is 11.3 Å². The predicted octanol–water partition coefficient (Wildman–Crippen LogP) is 3.93. The summed E-state index contributed by atoms with van der Waals surface area (Å²) in [6.07, 6.45) is 0. The number of nitrogen functional groups attached to an aromatic ring is 1.